The van der Waals surface area contributed by atoms with Crippen LogP contribution in [0.4, 0.5) is 0 Å². The van der Waals surface area contributed by atoms with E-state index in [9.17, 15) is 25.2 Å². The van der Waals surface area contributed by atoms with Crippen molar-refractivity contribution in [3.8, 4) is 5.75 Å². The minimum absolute atomic E-state index is 0.387. The van der Waals surface area contributed by atoms with E-state index in [0.29, 0.717) is 5.57 Å². The van der Waals surface area contributed by atoms with Crippen molar-refractivity contribution in [3.63, 3.8) is 0 Å². The lowest BCUT2D eigenvalue weighted by molar-refractivity contribution is -0.287. The van der Waals surface area contributed by atoms with Crippen LogP contribution in [0.3, 0.4) is 0 Å². The standard InChI is InChI=1S/C27H36O8/c1-15(10-11-20-17(3)13-21(33-6)19(5)18(20)4)8-7-9-16(2)12-23(28)34-14-22-24(29)25(30)26(31)27(32)35-22/h7-13,22,24-27,29-32H,14H2,1-6H3/t22-,24-,25+,26-,27+/m1/s1. The van der Waals surface area contributed by atoms with Crippen LogP contribution in [0.1, 0.15) is 36.1 Å². The number of methoxy groups -OCH3 is 1. The van der Waals surface area contributed by atoms with Gasteiger partial charge in [-0.1, -0.05) is 36.0 Å². The Morgan fingerprint density at radius 2 is 1.69 bits per heavy atom. The number of rotatable bonds is 8. The summed E-state index contributed by atoms with van der Waals surface area (Å²) in [4.78, 5) is 12.0. The molecule has 0 bridgehead atoms. The van der Waals surface area contributed by atoms with Gasteiger partial charge in [-0.2, -0.15) is 0 Å². The van der Waals surface area contributed by atoms with E-state index in [1.54, 1.807) is 20.1 Å². The molecule has 192 valence electrons. The summed E-state index contributed by atoms with van der Waals surface area (Å²) >= 11 is 0. The Kier molecular flexibility index (Phi) is 10.4. The van der Waals surface area contributed by atoms with Gasteiger partial charge in [-0.15, -0.1) is 0 Å². The van der Waals surface area contributed by atoms with Gasteiger partial charge in [0.1, 0.15) is 36.8 Å². The zero-order valence-corrected chi connectivity index (χ0v) is 21.1. The summed E-state index contributed by atoms with van der Waals surface area (Å²) in [6, 6.07) is 2.03. The molecule has 1 aromatic carbocycles. The minimum atomic E-state index is -1.68. The van der Waals surface area contributed by atoms with Crippen LogP contribution in [0.25, 0.3) is 6.08 Å². The van der Waals surface area contributed by atoms with Crippen molar-refractivity contribution in [2.75, 3.05) is 13.7 Å². The van der Waals surface area contributed by atoms with E-state index >= 15 is 0 Å². The van der Waals surface area contributed by atoms with Gasteiger partial charge in [0, 0.05) is 6.08 Å². The van der Waals surface area contributed by atoms with Gasteiger partial charge in [0.15, 0.2) is 6.29 Å². The largest absolute Gasteiger partial charge is 0.496 e. The third-order valence-electron chi connectivity index (χ3n) is 5.98. The maximum absolute atomic E-state index is 12.0. The number of aryl methyl sites for hydroxylation is 1. The fourth-order valence-electron chi connectivity index (χ4n) is 3.66. The quantitative estimate of drug-likeness (QED) is 0.250. The lowest BCUT2D eigenvalue weighted by Gasteiger charge is -2.37. The number of allylic oxidation sites excluding steroid dienone is 6. The Morgan fingerprint density at radius 1 is 1.00 bits per heavy atom. The van der Waals surface area contributed by atoms with Crippen molar-refractivity contribution in [1.82, 2.24) is 0 Å². The van der Waals surface area contributed by atoms with Gasteiger partial charge < -0.3 is 34.6 Å². The fraction of sp³-hybridized carbons (Fsp3) is 0.444. The highest BCUT2D eigenvalue weighted by molar-refractivity contribution is 5.83. The first-order valence-corrected chi connectivity index (χ1v) is 11.4. The highest BCUT2D eigenvalue weighted by atomic mass is 16.6. The first-order chi connectivity index (χ1) is 16.5. The lowest BCUT2D eigenvalue weighted by Crippen LogP contribution is -2.58. The molecular weight excluding hydrogens is 452 g/mol. The van der Waals surface area contributed by atoms with Gasteiger partial charge >= 0.3 is 5.97 Å². The molecule has 0 spiro atoms. The molecule has 1 aliphatic rings. The summed E-state index contributed by atoms with van der Waals surface area (Å²) < 4.78 is 15.4. The van der Waals surface area contributed by atoms with E-state index in [2.05, 4.69) is 19.9 Å². The molecule has 0 radical (unpaired) electrons. The molecule has 0 unspecified atom stereocenters. The second kappa shape index (κ2) is 12.8. The highest BCUT2D eigenvalue weighted by Gasteiger charge is 2.43. The Balaban J connectivity index is 1.94. The van der Waals surface area contributed by atoms with E-state index < -0.39 is 36.7 Å². The Labute approximate surface area is 206 Å². The van der Waals surface area contributed by atoms with Gasteiger partial charge in [-0.3, -0.25) is 0 Å². The average Bonchev–Trinajstić information content (AvgIpc) is 2.81. The predicted molar refractivity (Wildman–Crippen MR) is 133 cm³/mol. The number of hydrogen-bond donors (Lipinski definition) is 4. The molecule has 35 heavy (non-hydrogen) atoms. The molecule has 0 amide bonds. The molecule has 0 aliphatic carbocycles. The normalized spacial score (nSPS) is 25.9. The summed E-state index contributed by atoms with van der Waals surface area (Å²) in [6.45, 7) is 9.49. The minimum Gasteiger partial charge on any atom is -0.496 e. The predicted octanol–water partition coefficient (Wildman–Crippen LogP) is 2.43. The second-order valence-electron chi connectivity index (χ2n) is 8.72. The van der Waals surface area contributed by atoms with Gasteiger partial charge in [0.05, 0.1) is 7.11 Å². The smallest absolute Gasteiger partial charge is 0.331 e. The van der Waals surface area contributed by atoms with E-state index in [1.165, 1.54) is 11.6 Å². The van der Waals surface area contributed by atoms with E-state index in [-0.39, 0.29) is 6.61 Å². The monoisotopic (exact) mass is 488 g/mol. The van der Waals surface area contributed by atoms with Crippen molar-refractivity contribution < 1.29 is 39.4 Å². The average molecular weight is 489 g/mol. The number of carbonyl (C=O) groups excluding carboxylic acids is 1. The maximum Gasteiger partial charge on any atom is 0.331 e. The van der Waals surface area contributed by atoms with Gasteiger partial charge in [0.2, 0.25) is 0 Å². The zero-order valence-electron chi connectivity index (χ0n) is 21.1. The number of esters is 1. The summed E-state index contributed by atoms with van der Waals surface area (Å²) in [5, 5.41) is 38.6. The summed E-state index contributed by atoms with van der Waals surface area (Å²) in [7, 11) is 1.67. The van der Waals surface area contributed by atoms with Crippen LogP contribution in [0, 0.1) is 20.8 Å². The van der Waals surface area contributed by atoms with Crippen molar-refractivity contribution in [1.29, 1.82) is 0 Å². The SMILES string of the molecule is COc1cc(C)c(C=CC(C)=CC=CC(C)=CC(=O)OC[C@H]2O[C@H](O)[C@H](O)[C@@H](O)[C@@H]2O)c(C)c1C. The maximum atomic E-state index is 12.0. The van der Waals surface area contributed by atoms with E-state index in [0.717, 1.165) is 28.0 Å². The number of hydrogen-bond acceptors (Lipinski definition) is 8. The van der Waals surface area contributed by atoms with Crippen LogP contribution in [0.2, 0.25) is 0 Å². The molecule has 1 aliphatic heterocycles. The summed E-state index contributed by atoms with van der Waals surface area (Å²) in [6.07, 6.45) is 3.29. The molecule has 1 heterocycles. The molecule has 0 aromatic heterocycles. The van der Waals surface area contributed by atoms with Gasteiger partial charge in [-0.25, -0.2) is 4.79 Å². The number of aliphatic hydroxyl groups is 4. The van der Waals surface area contributed by atoms with Crippen LogP contribution in [0.5, 0.6) is 5.75 Å². The molecule has 8 heteroatoms. The Morgan fingerprint density at radius 3 is 2.34 bits per heavy atom. The molecular formula is C27H36O8. The molecule has 5 atom stereocenters. The molecule has 1 fully saturated rings. The van der Waals surface area contributed by atoms with E-state index in [4.69, 9.17) is 14.2 Å². The highest BCUT2D eigenvalue weighted by Crippen LogP contribution is 2.28. The number of carbonyl (C=O) groups is 1. The summed E-state index contributed by atoms with van der Waals surface area (Å²) in [5.41, 5.74) is 6.23. The third-order valence-corrected chi connectivity index (χ3v) is 5.98. The van der Waals surface area contributed by atoms with Crippen molar-refractivity contribution in [3.05, 3.63) is 69.8 Å². The first kappa shape index (κ1) is 28.5. The topological polar surface area (TPSA) is 126 Å². The van der Waals surface area contributed by atoms with Gasteiger partial charge in [-0.05, 0) is 68.5 Å². The second-order valence-corrected chi connectivity index (χ2v) is 8.72. The van der Waals surface area contributed by atoms with Crippen LogP contribution in [-0.4, -0.2) is 70.8 Å². The fourth-order valence-corrected chi connectivity index (χ4v) is 3.66. The van der Waals surface area contributed by atoms with Crippen LogP contribution in [0.15, 0.2) is 47.6 Å². The van der Waals surface area contributed by atoms with Crippen molar-refractivity contribution in [2.45, 2.75) is 65.3 Å². The number of benzene rings is 1. The van der Waals surface area contributed by atoms with Crippen LogP contribution < -0.4 is 4.74 Å². The molecule has 8 nitrogen and oxygen atoms in total. The molecule has 1 saturated heterocycles. The van der Waals surface area contributed by atoms with E-state index in [1.807, 2.05) is 38.1 Å². The zero-order chi connectivity index (χ0) is 26.3. The van der Waals surface area contributed by atoms with Gasteiger partial charge in [0.25, 0.3) is 0 Å². The van der Waals surface area contributed by atoms with Crippen molar-refractivity contribution >= 4 is 12.0 Å². The first-order valence-electron chi connectivity index (χ1n) is 11.4. The number of aliphatic hydroxyl groups excluding tert-OH is 4. The molecule has 0 saturated carbocycles. The molecule has 1 aromatic rings. The molecule has 2 rings (SSSR count). The van der Waals surface area contributed by atoms with Crippen molar-refractivity contribution in [2.24, 2.45) is 0 Å². The van der Waals surface area contributed by atoms with Crippen LogP contribution >= 0.6 is 0 Å². The number of ether oxygens (including phenoxy) is 3. The Hall–Kier alpha value is -2.75. The summed E-state index contributed by atoms with van der Waals surface area (Å²) in [5.74, 6) is 0.212. The lowest BCUT2D eigenvalue weighted by atomic mass is 9.96. The molecule has 4 N–H and O–H groups in total. The third kappa shape index (κ3) is 7.62. The van der Waals surface area contributed by atoms with Crippen LogP contribution in [-0.2, 0) is 14.3 Å². The Bertz CT molecular complexity index is 1020.